The van der Waals surface area contributed by atoms with Crippen molar-refractivity contribution in [3.8, 4) is 0 Å². The number of aryl methyl sites for hydroxylation is 2. The van der Waals surface area contributed by atoms with E-state index >= 15 is 0 Å². The van der Waals surface area contributed by atoms with Crippen LogP contribution in [0.25, 0.3) is 10.8 Å². The van der Waals surface area contributed by atoms with Crippen molar-refractivity contribution in [1.29, 1.82) is 0 Å². The van der Waals surface area contributed by atoms with Crippen molar-refractivity contribution in [3.63, 3.8) is 0 Å². The maximum atomic E-state index is 12.4. The Morgan fingerprint density at radius 2 is 1.50 bits per heavy atom. The minimum absolute atomic E-state index is 0.0514. The summed E-state index contributed by atoms with van der Waals surface area (Å²) in [6.07, 6.45) is 0. The highest BCUT2D eigenvalue weighted by Gasteiger charge is 2.13. The van der Waals surface area contributed by atoms with Crippen LogP contribution >= 0.6 is 0 Å². The molecule has 1 atom stereocenters. The highest BCUT2D eigenvalue weighted by atomic mass is 16.2. The number of nitrogens with one attached hydrogen (secondary N) is 2. The van der Waals surface area contributed by atoms with Crippen LogP contribution in [0.2, 0.25) is 0 Å². The quantitative estimate of drug-likeness (QED) is 0.718. The summed E-state index contributed by atoms with van der Waals surface area (Å²) in [4.78, 5) is 12.4. The van der Waals surface area contributed by atoms with Crippen LogP contribution in [0, 0.1) is 13.8 Å². The number of hydrogen-bond acceptors (Lipinski definition) is 2. The van der Waals surface area contributed by atoms with Crippen LogP contribution in [0.4, 0.5) is 11.4 Å². The van der Waals surface area contributed by atoms with Gasteiger partial charge in [-0.05, 0) is 66.9 Å². The molecule has 0 saturated heterocycles. The minimum atomic E-state index is -0.322. The third kappa shape index (κ3) is 3.74. The first-order valence-electron chi connectivity index (χ1n) is 8.16. The van der Waals surface area contributed by atoms with E-state index in [-0.39, 0.29) is 11.9 Å². The predicted octanol–water partition coefficient (Wildman–Crippen LogP) is 4.90. The fourth-order valence-corrected chi connectivity index (χ4v) is 2.89. The van der Waals surface area contributed by atoms with Crippen molar-refractivity contribution in [2.45, 2.75) is 26.8 Å². The lowest BCUT2D eigenvalue weighted by Crippen LogP contribution is -2.31. The molecule has 0 spiro atoms. The number of carbonyl (C=O) groups is 1. The van der Waals surface area contributed by atoms with Gasteiger partial charge in [-0.25, -0.2) is 0 Å². The van der Waals surface area contributed by atoms with Crippen LogP contribution in [-0.4, -0.2) is 11.9 Å². The van der Waals surface area contributed by atoms with Crippen LogP contribution in [0.15, 0.2) is 60.7 Å². The van der Waals surface area contributed by atoms with E-state index in [0.717, 1.165) is 22.1 Å². The van der Waals surface area contributed by atoms with Gasteiger partial charge in [0.25, 0.3) is 0 Å². The second-order valence-electron chi connectivity index (χ2n) is 6.29. The first-order chi connectivity index (χ1) is 11.5. The molecule has 3 rings (SSSR count). The standard InChI is InChI=1S/C21H22N2O/c1-14-10-15(2)12-20(11-14)22-16(3)21(24)23-19-9-8-17-6-4-5-7-18(17)13-19/h4-13,16,22H,1-3H3,(H,23,24)/t16-/m0/s1. The molecule has 0 fully saturated rings. The molecule has 3 aromatic rings. The Kier molecular flexibility index (Phi) is 4.52. The molecule has 2 N–H and O–H groups in total. The summed E-state index contributed by atoms with van der Waals surface area (Å²) in [5.41, 5.74) is 4.14. The zero-order valence-electron chi connectivity index (χ0n) is 14.3. The summed E-state index contributed by atoms with van der Waals surface area (Å²) in [6, 6.07) is 20.0. The largest absolute Gasteiger partial charge is 0.374 e. The fourth-order valence-electron chi connectivity index (χ4n) is 2.89. The van der Waals surface area contributed by atoms with Gasteiger partial charge in [-0.2, -0.15) is 0 Å². The lowest BCUT2D eigenvalue weighted by Gasteiger charge is -2.16. The van der Waals surface area contributed by atoms with E-state index < -0.39 is 0 Å². The molecule has 0 bridgehead atoms. The zero-order valence-corrected chi connectivity index (χ0v) is 14.3. The maximum absolute atomic E-state index is 12.4. The SMILES string of the molecule is Cc1cc(C)cc(N[C@@H](C)C(=O)Nc2ccc3ccccc3c2)c1. The average molecular weight is 318 g/mol. The lowest BCUT2D eigenvalue weighted by atomic mass is 10.1. The minimum Gasteiger partial charge on any atom is -0.374 e. The Bertz CT molecular complexity index is 866. The first kappa shape index (κ1) is 16.1. The van der Waals surface area contributed by atoms with Crippen molar-refractivity contribution < 1.29 is 4.79 Å². The molecular weight excluding hydrogens is 296 g/mol. The second-order valence-corrected chi connectivity index (χ2v) is 6.29. The van der Waals surface area contributed by atoms with Crippen molar-refractivity contribution in [2.24, 2.45) is 0 Å². The third-order valence-corrected chi connectivity index (χ3v) is 4.02. The van der Waals surface area contributed by atoms with Gasteiger partial charge in [0.15, 0.2) is 0 Å². The molecule has 0 saturated carbocycles. The van der Waals surface area contributed by atoms with Gasteiger partial charge in [0, 0.05) is 11.4 Å². The fraction of sp³-hybridized carbons (Fsp3) is 0.190. The lowest BCUT2D eigenvalue weighted by molar-refractivity contribution is -0.116. The van der Waals surface area contributed by atoms with Crippen LogP contribution in [0.3, 0.4) is 0 Å². The predicted molar refractivity (Wildman–Crippen MR) is 102 cm³/mol. The van der Waals surface area contributed by atoms with Crippen LogP contribution < -0.4 is 10.6 Å². The van der Waals surface area contributed by atoms with E-state index in [0.29, 0.717) is 0 Å². The summed E-state index contributed by atoms with van der Waals surface area (Å²) >= 11 is 0. The van der Waals surface area contributed by atoms with E-state index in [1.807, 2.05) is 55.5 Å². The average Bonchev–Trinajstić information content (AvgIpc) is 2.53. The van der Waals surface area contributed by atoms with Crippen LogP contribution in [0.5, 0.6) is 0 Å². The number of fused-ring (bicyclic) bond motifs is 1. The van der Waals surface area contributed by atoms with Crippen LogP contribution in [0.1, 0.15) is 18.1 Å². The highest BCUT2D eigenvalue weighted by molar-refractivity contribution is 5.98. The molecule has 0 aliphatic heterocycles. The smallest absolute Gasteiger partial charge is 0.246 e. The molecule has 0 aromatic heterocycles. The van der Waals surface area contributed by atoms with Gasteiger partial charge in [-0.1, -0.05) is 36.4 Å². The van der Waals surface area contributed by atoms with E-state index in [1.165, 1.54) is 11.1 Å². The Labute approximate surface area is 142 Å². The van der Waals surface area contributed by atoms with E-state index in [4.69, 9.17) is 0 Å². The van der Waals surface area contributed by atoms with Gasteiger partial charge < -0.3 is 10.6 Å². The van der Waals surface area contributed by atoms with E-state index in [1.54, 1.807) is 0 Å². The Morgan fingerprint density at radius 1 is 0.833 bits per heavy atom. The summed E-state index contributed by atoms with van der Waals surface area (Å²) in [6.45, 7) is 5.98. The monoisotopic (exact) mass is 318 g/mol. The van der Waals surface area contributed by atoms with Gasteiger partial charge in [-0.3, -0.25) is 4.79 Å². The van der Waals surface area contributed by atoms with Crippen molar-refractivity contribution in [3.05, 3.63) is 71.8 Å². The van der Waals surface area contributed by atoms with Gasteiger partial charge in [0.05, 0.1) is 0 Å². The van der Waals surface area contributed by atoms with Crippen LogP contribution in [-0.2, 0) is 4.79 Å². The molecule has 3 aromatic carbocycles. The van der Waals surface area contributed by atoms with Gasteiger partial charge in [0.1, 0.15) is 6.04 Å². The molecule has 3 nitrogen and oxygen atoms in total. The van der Waals surface area contributed by atoms with E-state index in [9.17, 15) is 4.79 Å². The number of amides is 1. The van der Waals surface area contributed by atoms with Crippen molar-refractivity contribution >= 4 is 28.1 Å². The summed E-state index contributed by atoms with van der Waals surface area (Å²) in [7, 11) is 0. The molecule has 1 amide bonds. The van der Waals surface area contributed by atoms with Gasteiger partial charge >= 0.3 is 0 Å². The number of hydrogen-bond donors (Lipinski definition) is 2. The Morgan fingerprint density at radius 3 is 2.21 bits per heavy atom. The molecule has 24 heavy (non-hydrogen) atoms. The molecule has 0 aliphatic carbocycles. The van der Waals surface area contributed by atoms with Crippen molar-refractivity contribution in [2.75, 3.05) is 10.6 Å². The number of anilines is 2. The number of benzene rings is 3. The molecule has 122 valence electrons. The molecule has 0 radical (unpaired) electrons. The molecule has 3 heteroatoms. The molecule has 0 aliphatic rings. The van der Waals surface area contributed by atoms with Crippen molar-refractivity contribution in [1.82, 2.24) is 0 Å². The van der Waals surface area contributed by atoms with Gasteiger partial charge in [0.2, 0.25) is 5.91 Å². The highest BCUT2D eigenvalue weighted by Crippen LogP contribution is 2.19. The summed E-state index contributed by atoms with van der Waals surface area (Å²) in [5.74, 6) is -0.0514. The maximum Gasteiger partial charge on any atom is 0.246 e. The van der Waals surface area contributed by atoms with E-state index in [2.05, 4.69) is 36.6 Å². The summed E-state index contributed by atoms with van der Waals surface area (Å²) in [5, 5.41) is 8.53. The molecule has 0 unspecified atom stereocenters. The number of rotatable bonds is 4. The second kappa shape index (κ2) is 6.75. The third-order valence-electron chi connectivity index (χ3n) is 4.02. The first-order valence-corrected chi connectivity index (χ1v) is 8.16. The Balaban J connectivity index is 1.70. The molecule has 0 heterocycles. The zero-order chi connectivity index (χ0) is 17.1. The normalized spacial score (nSPS) is 12.0. The molecular formula is C21H22N2O. The summed E-state index contributed by atoms with van der Waals surface area (Å²) < 4.78 is 0. The van der Waals surface area contributed by atoms with Gasteiger partial charge in [-0.15, -0.1) is 0 Å². The Hall–Kier alpha value is -2.81. The topological polar surface area (TPSA) is 41.1 Å². The number of carbonyl (C=O) groups excluding carboxylic acids is 1.